The van der Waals surface area contributed by atoms with E-state index >= 15 is 0 Å². The van der Waals surface area contributed by atoms with E-state index in [1.807, 2.05) is 25.1 Å². The number of fused-ring (bicyclic) bond motifs is 3. The second kappa shape index (κ2) is 7.18. The molecule has 1 aromatic rings. The number of primary amides is 1. The largest absolute Gasteiger partial charge is 0.508 e. The maximum Gasteiger partial charge on any atom is 0.255 e. The Morgan fingerprint density at radius 2 is 1.81 bits per heavy atom. The number of aliphatic hydroxyl groups is 3. The summed E-state index contributed by atoms with van der Waals surface area (Å²) in [6.45, 7) is 0. The fraction of sp³-hybridized carbons (Fsp3) is 0.435. The molecule has 170 valence electrons. The van der Waals surface area contributed by atoms with Gasteiger partial charge in [0.15, 0.2) is 11.4 Å². The topological polar surface area (TPSA) is 144 Å². The standard InChI is InChI=1S/C23H27N3O6/c1-25(2)14-7-5-6-11-12(14)8-10-9-13-17(26(3)4)19(28)16(22(24)31)21(30)23(13,32)20(29)15(10)18(11)27/h5-7,10,13,17,27,30,32H,8-9H2,1-4H3,(H2,24,31)/t10?,13?,17-,23+/m1/s1. The van der Waals surface area contributed by atoms with Gasteiger partial charge in [-0.05, 0) is 44.5 Å². The highest BCUT2D eigenvalue weighted by molar-refractivity contribution is 6.24. The van der Waals surface area contributed by atoms with Crippen LogP contribution in [0.3, 0.4) is 0 Å². The van der Waals surface area contributed by atoms with Crippen LogP contribution in [0.2, 0.25) is 0 Å². The molecule has 1 amide bonds. The van der Waals surface area contributed by atoms with Gasteiger partial charge in [-0.1, -0.05) is 12.1 Å². The highest BCUT2D eigenvalue weighted by Gasteiger charge is 2.64. The Bertz CT molecular complexity index is 1120. The number of amides is 1. The summed E-state index contributed by atoms with van der Waals surface area (Å²) in [7, 11) is 6.95. The molecule has 1 saturated carbocycles. The quantitative estimate of drug-likeness (QED) is 0.491. The lowest BCUT2D eigenvalue weighted by atomic mass is 9.57. The van der Waals surface area contributed by atoms with Crippen molar-refractivity contribution in [1.82, 2.24) is 4.90 Å². The van der Waals surface area contributed by atoms with Crippen molar-refractivity contribution in [3.8, 4) is 0 Å². The molecule has 0 saturated heterocycles. The Labute approximate surface area is 185 Å². The van der Waals surface area contributed by atoms with Crippen molar-refractivity contribution in [3.63, 3.8) is 0 Å². The molecule has 4 atom stereocenters. The van der Waals surface area contributed by atoms with Crippen LogP contribution in [-0.2, 0) is 20.8 Å². The third-order valence-electron chi connectivity index (χ3n) is 6.96. The number of carbonyl (C=O) groups excluding carboxylic acids is 3. The van der Waals surface area contributed by atoms with Gasteiger partial charge in [-0.3, -0.25) is 19.3 Å². The number of aliphatic hydroxyl groups excluding tert-OH is 2. The number of likely N-dealkylation sites (N-methyl/N-ethyl adjacent to an activating group) is 1. The van der Waals surface area contributed by atoms with E-state index in [9.17, 15) is 29.7 Å². The van der Waals surface area contributed by atoms with Crippen molar-refractivity contribution in [2.75, 3.05) is 33.1 Å². The number of ketones is 2. The van der Waals surface area contributed by atoms with Crippen molar-refractivity contribution in [1.29, 1.82) is 0 Å². The molecular formula is C23H27N3O6. The number of nitrogens with two attached hydrogens (primary N) is 1. The predicted molar refractivity (Wildman–Crippen MR) is 117 cm³/mol. The molecule has 1 aromatic carbocycles. The Kier molecular flexibility index (Phi) is 4.94. The molecule has 0 radical (unpaired) electrons. The third-order valence-corrected chi connectivity index (χ3v) is 6.96. The lowest BCUT2D eigenvalue weighted by molar-refractivity contribution is -0.153. The van der Waals surface area contributed by atoms with E-state index in [0.29, 0.717) is 12.0 Å². The number of carbonyl (C=O) groups is 3. The maximum atomic E-state index is 13.7. The molecule has 4 rings (SSSR count). The Hall–Kier alpha value is -3.17. The first kappa shape index (κ1) is 22.0. The van der Waals surface area contributed by atoms with E-state index in [1.54, 1.807) is 26.2 Å². The molecule has 0 heterocycles. The zero-order valence-corrected chi connectivity index (χ0v) is 18.4. The maximum absolute atomic E-state index is 13.7. The van der Waals surface area contributed by atoms with Crippen LogP contribution >= 0.6 is 0 Å². The predicted octanol–water partition coefficient (Wildman–Crippen LogP) is 0.324. The summed E-state index contributed by atoms with van der Waals surface area (Å²) >= 11 is 0. The average molecular weight is 441 g/mol. The van der Waals surface area contributed by atoms with E-state index < -0.39 is 52.3 Å². The van der Waals surface area contributed by atoms with Crippen molar-refractivity contribution >= 4 is 28.9 Å². The molecule has 9 heteroatoms. The number of nitrogens with zero attached hydrogens (tertiary/aromatic N) is 2. The molecule has 5 N–H and O–H groups in total. The van der Waals surface area contributed by atoms with E-state index in [0.717, 1.165) is 11.3 Å². The van der Waals surface area contributed by atoms with Crippen LogP contribution in [0.5, 0.6) is 0 Å². The minimum Gasteiger partial charge on any atom is -0.508 e. The molecule has 9 nitrogen and oxygen atoms in total. The second-order valence-corrected chi connectivity index (χ2v) is 9.16. The minimum atomic E-state index is -2.54. The van der Waals surface area contributed by atoms with E-state index in [4.69, 9.17) is 5.73 Å². The van der Waals surface area contributed by atoms with Crippen LogP contribution in [0.1, 0.15) is 17.5 Å². The van der Waals surface area contributed by atoms with Gasteiger partial charge in [0.25, 0.3) is 5.91 Å². The van der Waals surface area contributed by atoms with Crippen LogP contribution in [0.4, 0.5) is 5.69 Å². The van der Waals surface area contributed by atoms with Crippen molar-refractivity contribution in [2.24, 2.45) is 17.6 Å². The summed E-state index contributed by atoms with van der Waals surface area (Å²) < 4.78 is 0. The molecule has 2 unspecified atom stereocenters. The monoisotopic (exact) mass is 441 g/mol. The van der Waals surface area contributed by atoms with Gasteiger partial charge in [0.1, 0.15) is 17.1 Å². The van der Waals surface area contributed by atoms with Gasteiger partial charge >= 0.3 is 0 Å². The number of hydrogen-bond acceptors (Lipinski definition) is 8. The summed E-state index contributed by atoms with van der Waals surface area (Å²) in [5.74, 6) is -5.64. The van der Waals surface area contributed by atoms with Crippen molar-refractivity contribution < 1.29 is 29.7 Å². The Morgan fingerprint density at radius 3 is 2.38 bits per heavy atom. The van der Waals surface area contributed by atoms with Gasteiger partial charge < -0.3 is 26.0 Å². The summed E-state index contributed by atoms with van der Waals surface area (Å²) in [5.41, 5.74) is 4.23. The highest BCUT2D eigenvalue weighted by atomic mass is 16.3. The van der Waals surface area contributed by atoms with E-state index in [1.165, 1.54) is 4.90 Å². The molecule has 0 aromatic heterocycles. The van der Waals surface area contributed by atoms with Crippen LogP contribution < -0.4 is 10.6 Å². The minimum absolute atomic E-state index is 0.00520. The summed E-state index contributed by atoms with van der Waals surface area (Å²) in [4.78, 5) is 42.1. The number of hydrogen-bond donors (Lipinski definition) is 4. The van der Waals surface area contributed by atoms with E-state index in [-0.39, 0.29) is 17.8 Å². The van der Waals surface area contributed by atoms with Gasteiger partial charge in [0, 0.05) is 36.8 Å². The van der Waals surface area contributed by atoms with Crippen LogP contribution in [0.15, 0.2) is 35.1 Å². The first-order valence-corrected chi connectivity index (χ1v) is 10.4. The number of rotatable bonds is 3. The summed E-state index contributed by atoms with van der Waals surface area (Å²) in [5, 5.41) is 33.4. The summed E-state index contributed by atoms with van der Waals surface area (Å²) in [6, 6.07) is 4.33. The van der Waals surface area contributed by atoms with Crippen LogP contribution in [-0.4, -0.2) is 77.5 Å². The smallest absolute Gasteiger partial charge is 0.255 e. The molecular weight excluding hydrogens is 414 g/mol. The lowest BCUT2D eigenvalue weighted by Gasteiger charge is -2.50. The summed E-state index contributed by atoms with van der Waals surface area (Å²) in [6.07, 6.45) is 0.566. The molecule has 0 aliphatic heterocycles. The van der Waals surface area contributed by atoms with Crippen molar-refractivity contribution in [2.45, 2.75) is 24.5 Å². The Morgan fingerprint density at radius 1 is 1.16 bits per heavy atom. The molecule has 32 heavy (non-hydrogen) atoms. The SMILES string of the molecule is CN(C)c1cccc2c1CC1CC3[C@@H](N(C)C)C(=O)C(C(N)=O)=C(O)[C@@]3(O)C(=O)C1=C2O. The first-order chi connectivity index (χ1) is 14.9. The normalized spacial score (nSPS) is 29.6. The molecule has 1 fully saturated rings. The molecule has 3 aliphatic rings. The number of benzene rings is 1. The van der Waals surface area contributed by atoms with Gasteiger partial charge in [0.2, 0.25) is 5.78 Å². The number of anilines is 1. The first-order valence-electron chi connectivity index (χ1n) is 10.4. The van der Waals surface area contributed by atoms with Crippen LogP contribution in [0, 0.1) is 11.8 Å². The van der Waals surface area contributed by atoms with Gasteiger partial charge in [-0.2, -0.15) is 0 Å². The molecule has 3 aliphatic carbocycles. The third kappa shape index (κ3) is 2.74. The fourth-order valence-electron chi connectivity index (χ4n) is 5.57. The number of Topliss-reactive ketones (excluding diaryl/α,β-unsaturated/α-hetero) is 2. The fourth-order valence-corrected chi connectivity index (χ4v) is 5.57. The average Bonchev–Trinajstić information content (AvgIpc) is 2.70. The molecule has 0 spiro atoms. The lowest BCUT2D eigenvalue weighted by Crippen LogP contribution is -2.65. The Balaban J connectivity index is 1.97. The second-order valence-electron chi connectivity index (χ2n) is 9.16. The highest BCUT2D eigenvalue weighted by Crippen LogP contribution is 2.52. The zero-order chi connectivity index (χ0) is 23.7. The van der Waals surface area contributed by atoms with Crippen LogP contribution in [0.25, 0.3) is 5.76 Å². The van der Waals surface area contributed by atoms with Gasteiger partial charge in [-0.25, -0.2) is 0 Å². The molecule has 0 bridgehead atoms. The van der Waals surface area contributed by atoms with E-state index in [2.05, 4.69) is 0 Å². The zero-order valence-electron chi connectivity index (χ0n) is 18.4. The van der Waals surface area contributed by atoms with Gasteiger partial charge in [0.05, 0.1) is 6.04 Å². The van der Waals surface area contributed by atoms with Crippen molar-refractivity contribution in [3.05, 3.63) is 46.2 Å². The van der Waals surface area contributed by atoms with Gasteiger partial charge in [-0.15, -0.1) is 0 Å².